The number of fused-ring (bicyclic) bond motifs is 13. The summed E-state index contributed by atoms with van der Waals surface area (Å²) < 4.78 is 0. The molecule has 0 radical (unpaired) electrons. The van der Waals surface area contributed by atoms with Crippen LogP contribution in [-0.2, 0) is 10.8 Å². The van der Waals surface area contributed by atoms with Crippen molar-refractivity contribution in [3.8, 4) is 55.6 Å². The van der Waals surface area contributed by atoms with Crippen LogP contribution in [0.5, 0.6) is 0 Å². The van der Waals surface area contributed by atoms with Crippen molar-refractivity contribution in [2.45, 2.75) is 24.7 Å². The van der Waals surface area contributed by atoms with Gasteiger partial charge in [0.1, 0.15) is 0 Å². The summed E-state index contributed by atoms with van der Waals surface area (Å²) in [6.45, 7) is 4.71. The van der Waals surface area contributed by atoms with Crippen molar-refractivity contribution in [3.63, 3.8) is 0 Å². The van der Waals surface area contributed by atoms with E-state index in [4.69, 9.17) is 0 Å². The number of anilines is 3. The molecule has 0 amide bonds. The second-order valence-corrected chi connectivity index (χ2v) is 16.8. The first-order valence-electron chi connectivity index (χ1n) is 20.8. The van der Waals surface area contributed by atoms with Gasteiger partial charge in [-0.15, -0.1) is 0 Å². The van der Waals surface area contributed by atoms with E-state index in [0.29, 0.717) is 0 Å². The summed E-state index contributed by atoms with van der Waals surface area (Å²) in [6.07, 6.45) is 0. The van der Waals surface area contributed by atoms with Crippen molar-refractivity contribution in [3.05, 3.63) is 246 Å². The second-order valence-electron chi connectivity index (χ2n) is 16.8. The van der Waals surface area contributed by atoms with Crippen LogP contribution in [0, 0.1) is 0 Å². The van der Waals surface area contributed by atoms with Crippen LogP contribution in [0.25, 0.3) is 55.6 Å². The third-order valence-corrected chi connectivity index (χ3v) is 13.5. The van der Waals surface area contributed by atoms with Crippen molar-refractivity contribution >= 4 is 17.1 Å². The van der Waals surface area contributed by atoms with Crippen molar-refractivity contribution < 1.29 is 0 Å². The predicted molar refractivity (Wildman–Crippen MR) is 246 cm³/mol. The highest BCUT2D eigenvalue weighted by molar-refractivity contribution is 6.02. The van der Waals surface area contributed by atoms with Crippen LogP contribution in [0.4, 0.5) is 17.1 Å². The van der Waals surface area contributed by atoms with Gasteiger partial charge in [0, 0.05) is 22.2 Å². The van der Waals surface area contributed by atoms with E-state index >= 15 is 0 Å². The molecular formula is C58H41N. The molecule has 0 unspecified atom stereocenters. The molecule has 1 spiro atoms. The standard InChI is InChI=1S/C58H41N/c1-57(2)48-24-11-6-22-45(48)47-37-40(33-36-49(47)57)42-19-10-15-29-54(42)59(41-34-31-39(32-35-41)38-17-4-3-5-18-38)55-30-16-28-53-56(55)46-23-9-14-27-52(46)58(53)50-25-12-7-20-43(50)44-21-8-13-26-51(44)58/h3-37H,1-2H3. The van der Waals surface area contributed by atoms with Crippen molar-refractivity contribution in [1.82, 2.24) is 0 Å². The van der Waals surface area contributed by atoms with Gasteiger partial charge in [0.15, 0.2) is 0 Å². The van der Waals surface area contributed by atoms with Gasteiger partial charge < -0.3 is 4.90 Å². The highest BCUT2D eigenvalue weighted by Crippen LogP contribution is 2.65. The van der Waals surface area contributed by atoms with Crippen LogP contribution in [0.15, 0.2) is 212 Å². The molecule has 3 aliphatic rings. The zero-order valence-electron chi connectivity index (χ0n) is 33.2. The zero-order valence-corrected chi connectivity index (χ0v) is 33.2. The summed E-state index contributed by atoms with van der Waals surface area (Å²) in [5.74, 6) is 0. The third-order valence-electron chi connectivity index (χ3n) is 13.5. The second kappa shape index (κ2) is 12.6. The molecule has 59 heavy (non-hydrogen) atoms. The van der Waals surface area contributed by atoms with E-state index in [1.165, 1.54) is 94.7 Å². The van der Waals surface area contributed by atoms with Crippen LogP contribution >= 0.6 is 0 Å². The first-order valence-corrected chi connectivity index (χ1v) is 20.8. The minimum Gasteiger partial charge on any atom is -0.309 e. The monoisotopic (exact) mass is 751 g/mol. The molecule has 0 fully saturated rings. The Morgan fingerprint density at radius 3 is 1.44 bits per heavy atom. The Morgan fingerprint density at radius 2 is 0.763 bits per heavy atom. The van der Waals surface area contributed by atoms with Crippen LogP contribution in [0.2, 0.25) is 0 Å². The average Bonchev–Trinajstić information content (AvgIpc) is 3.86. The Balaban J connectivity index is 1.12. The topological polar surface area (TPSA) is 3.24 Å². The van der Waals surface area contributed by atoms with E-state index < -0.39 is 5.41 Å². The van der Waals surface area contributed by atoms with Crippen LogP contribution in [0.1, 0.15) is 47.2 Å². The third kappa shape index (κ3) is 4.67. The van der Waals surface area contributed by atoms with Crippen molar-refractivity contribution in [2.24, 2.45) is 0 Å². The van der Waals surface area contributed by atoms with Gasteiger partial charge in [0.25, 0.3) is 0 Å². The maximum Gasteiger partial charge on any atom is 0.0726 e. The smallest absolute Gasteiger partial charge is 0.0726 e. The highest BCUT2D eigenvalue weighted by Gasteiger charge is 2.52. The van der Waals surface area contributed by atoms with Gasteiger partial charge in [-0.2, -0.15) is 0 Å². The maximum atomic E-state index is 2.52. The summed E-state index contributed by atoms with van der Waals surface area (Å²) >= 11 is 0. The molecule has 1 heteroatoms. The van der Waals surface area contributed by atoms with E-state index in [0.717, 1.165) is 11.4 Å². The molecule has 9 aromatic carbocycles. The molecule has 1 nitrogen and oxygen atoms in total. The van der Waals surface area contributed by atoms with E-state index in [-0.39, 0.29) is 5.41 Å². The first kappa shape index (κ1) is 33.9. The Bertz CT molecular complexity index is 3090. The lowest BCUT2D eigenvalue weighted by molar-refractivity contribution is 0.660. The minimum absolute atomic E-state index is 0.0536. The lowest BCUT2D eigenvalue weighted by Crippen LogP contribution is -2.26. The number of hydrogen-bond donors (Lipinski definition) is 0. The SMILES string of the molecule is CC1(C)c2ccccc2-c2cc(-c3ccccc3N(c3ccc(-c4ccccc4)cc3)c3cccc4c3-c3ccccc3C43c4ccccc4-c4ccccc43)ccc21. The maximum absolute atomic E-state index is 2.52. The molecule has 0 bridgehead atoms. The van der Waals surface area contributed by atoms with Gasteiger partial charge in [-0.1, -0.05) is 196 Å². The summed E-state index contributed by atoms with van der Waals surface area (Å²) in [6, 6.07) is 79.2. The molecule has 12 rings (SSSR count). The Hall–Kier alpha value is -7.22. The van der Waals surface area contributed by atoms with Crippen LogP contribution in [0.3, 0.4) is 0 Å². The van der Waals surface area contributed by atoms with Crippen LogP contribution in [-0.4, -0.2) is 0 Å². The molecule has 0 saturated heterocycles. The van der Waals surface area contributed by atoms with E-state index in [1.807, 2.05) is 0 Å². The average molecular weight is 752 g/mol. The summed E-state index contributed by atoms with van der Waals surface area (Å²) in [4.78, 5) is 2.52. The normalized spacial score (nSPS) is 14.2. The summed E-state index contributed by atoms with van der Waals surface area (Å²) in [7, 11) is 0. The Kier molecular flexibility index (Phi) is 7.26. The quantitative estimate of drug-likeness (QED) is 0.169. The van der Waals surface area contributed by atoms with Gasteiger partial charge in [-0.3, -0.25) is 0 Å². The van der Waals surface area contributed by atoms with Crippen molar-refractivity contribution in [1.29, 1.82) is 0 Å². The minimum atomic E-state index is -0.433. The largest absolute Gasteiger partial charge is 0.309 e. The highest BCUT2D eigenvalue weighted by atomic mass is 15.1. The molecule has 9 aromatic rings. The van der Waals surface area contributed by atoms with Gasteiger partial charge in [0.05, 0.1) is 16.8 Å². The number of hydrogen-bond acceptors (Lipinski definition) is 1. The molecule has 0 saturated carbocycles. The lowest BCUT2D eigenvalue weighted by Gasteiger charge is -2.32. The number of rotatable bonds is 5. The molecule has 0 aromatic heterocycles. The number of benzene rings is 9. The summed E-state index contributed by atoms with van der Waals surface area (Å²) in [5.41, 5.74) is 23.7. The fourth-order valence-corrected chi connectivity index (χ4v) is 11.0. The number of nitrogens with zero attached hydrogens (tertiary/aromatic N) is 1. The fraction of sp³-hybridized carbons (Fsp3) is 0.0690. The van der Waals surface area contributed by atoms with Gasteiger partial charge in [-0.25, -0.2) is 0 Å². The fourth-order valence-electron chi connectivity index (χ4n) is 11.0. The van der Waals surface area contributed by atoms with E-state index in [2.05, 4.69) is 231 Å². The molecule has 0 aliphatic heterocycles. The lowest BCUT2D eigenvalue weighted by atomic mass is 9.70. The first-order chi connectivity index (χ1) is 29.0. The molecule has 278 valence electrons. The van der Waals surface area contributed by atoms with Gasteiger partial charge in [0.2, 0.25) is 0 Å². The van der Waals surface area contributed by atoms with Gasteiger partial charge >= 0.3 is 0 Å². The van der Waals surface area contributed by atoms with Crippen LogP contribution < -0.4 is 4.90 Å². The number of para-hydroxylation sites is 1. The van der Waals surface area contributed by atoms with Crippen molar-refractivity contribution in [2.75, 3.05) is 4.90 Å². The predicted octanol–water partition coefficient (Wildman–Crippen LogP) is 15.1. The molecule has 0 atom stereocenters. The molecule has 3 aliphatic carbocycles. The Labute approximate surface area is 346 Å². The molecule has 0 heterocycles. The molecular weight excluding hydrogens is 711 g/mol. The summed E-state index contributed by atoms with van der Waals surface area (Å²) in [5, 5.41) is 0. The molecule has 0 N–H and O–H groups in total. The Morgan fingerprint density at radius 1 is 0.305 bits per heavy atom. The van der Waals surface area contributed by atoms with E-state index in [9.17, 15) is 0 Å². The van der Waals surface area contributed by atoms with Gasteiger partial charge in [-0.05, 0) is 108 Å². The zero-order chi connectivity index (χ0) is 39.3. The van der Waals surface area contributed by atoms with E-state index in [1.54, 1.807) is 0 Å².